The Morgan fingerprint density at radius 1 is 0.722 bits per heavy atom. The van der Waals surface area contributed by atoms with Gasteiger partial charge in [0.05, 0.1) is 17.2 Å². The number of halogens is 6. The van der Waals surface area contributed by atoms with Crippen molar-refractivity contribution < 1.29 is 35.7 Å². The summed E-state index contributed by atoms with van der Waals surface area (Å²) in [5, 5.41) is 1.54. The van der Waals surface area contributed by atoms with Crippen LogP contribution in [-0.4, -0.2) is 7.12 Å². The fourth-order valence-corrected chi connectivity index (χ4v) is 4.43. The smallest absolute Gasteiger partial charge is 0.532 e. The molecule has 184 valence electrons. The van der Waals surface area contributed by atoms with Crippen molar-refractivity contribution in [2.45, 2.75) is 31.3 Å². The molecule has 0 bridgehead atoms. The molecule has 0 aliphatic carbocycles. The molecule has 1 aliphatic rings. The van der Waals surface area contributed by atoms with Gasteiger partial charge in [-0.3, -0.25) is 0 Å². The van der Waals surface area contributed by atoms with Gasteiger partial charge < -0.3 is 9.31 Å². The van der Waals surface area contributed by atoms with Gasteiger partial charge in [-0.05, 0) is 47.5 Å². The van der Waals surface area contributed by atoms with Gasteiger partial charge in [0.1, 0.15) is 5.75 Å². The van der Waals surface area contributed by atoms with Crippen LogP contribution in [0.3, 0.4) is 0 Å². The molecule has 5 rings (SSSR count). The van der Waals surface area contributed by atoms with Gasteiger partial charge in [-0.15, -0.1) is 0 Å². The van der Waals surface area contributed by atoms with E-state index in [0.717, 1.165) is 10.9 Å². The number of hydrogen-bond acceptors (Lipinski definition) is 2. The van der Waals surface area contributed by atoms with Crippen LogP contribution in [0.25, 0.3) is 10.8 Å². The number of hydrogen-bond donors (Lipinski definition) is 0. The molecule has 1 unspecified atom stereocenters. The van der Waals surface area contributed by atoms with Crippen LogP contribution in [0.15, 0.2) is 84.9 Å². The lowest BCUT2D eigenvalue weighted by atomic mass is 9.74. The SMILES string of the molecule is FC(F)(F)c1cc(B2Oc3c(ccc4ccccc34)C(CCc3ccccc3)O2)cc(C(F)(F)F)c1. The maximum Gasteiger partial charge on any atom is 0.563 e. The van der Waals surface area contributed by atoms with Gasteiger partial charge >= 0.3 is 19.5 Å². The van der Waals surface area contributed by atoms with Gasteiger partial charge in [0.25, 0.3) is 0 Å². The molecule has 0 radical (unpaired) electrons. The Bertz CT molecular complexity index is 1350. The van der Waals surface area contributed by atoms with Crippen molar-refractivity contribution in [2.24, 2.45) is 0 Å². The second kappa shape index (κ2) is 9.20. The topological polar surface area (TPSA) is 18.5 Å². The standard InChI is InChI=1S/C27H19BF6O2/c29-26(30,31)19-14-20(27(32,33)34)16-21(15-19)28-35-24(13-10-17-6-2-1-3-7-17)23-12-11-18-8-4-5-9-22(18)25(23)36-28/h1-9,11-12,14-16,24H,10,13H2. The fourth-order valence-electron chi connectivity index (χ4n) is 4.43. The molecule has 0 saturated carbocycles. The third kappa shape index (κ3) is 4.93. The zero-order valence-electron chi connectivity index (χ0n) is 18.7. The number of benzene rings is 4. The van der Waals surface area contributed by atoms with Crippen LogP contribution < -0.4 is 10.1 Å². The largest absolute Gasteiger partial charge is 0.563 e. The number of fused-ring (bicyclic) bond motifs is 3. The average molecular weight is 500 g/mol. The maximum absolute atomic E-state index is 13.5. The summed E-state index contributed by atoms with van der Waals surface area (Å²) in [6.07, 6.45) is -9.49. The Kier molecular flexibility index (Phi) is 6.20. The van der Waals surface area contributed by atoms with Crippen molar-refractivity contribution in [1.82, 2.24) is 0 Å². The molecule has 1 atom stereocenters. The summed E-state index contributed by atoms with van der Waals surface area (Å²) in [4.78, 5) is 0. The van der Waals surface area contributed by atoms with Gasteiger partial charge in [0.15, 0.2) is 0 Å². The van der Waals surface area contributed by atoms with Gasteiger partial charge in [0.2, 0.25) is 0 Å². The van der Waals surface area contributed by atoms with E-state index in [9.17, 15) is 26.3 Å². The first-order valence-electron chi connectivity index (χ1n) is 11.3. The molecule has 9 heteroatoms. The van der Waals surface area contributed by atoms with E-state index < -0.39 is 36.7 Å². The van der Waals surface area contributed by atoms with E-state index in [4.69, 9.17) is 9.31 Å². The molecule has 0 N–H and O–H groups in total. The van der Waals surface area contributed by atoms with Crippen molar-refractivity contribution in [2.75, 3.05) is 0 Å². The zero-order valence-corrected chi connectivity index (χ0v) is 18.7. The molecular formula is C27H19BF6O2. The molecule has 4 aromatic rings. The highest BCUT2D eigenvalue weighted by atomic mass is 19.4. The summed E-state index contributed by atoms with van der Waals surface area (Å²) in [6, 6.07) is 22.0. The lowest BCUT2D eigenvalue weighted by Gasteiger charge is -2.32. The zero-order chi connectivity index (χ0) is 25.5. The highest BCUT2D eigenvalue weighted by molar-refractivity contribution is 6.62. The molecule has 0 amide bonds. The molecule has 4 aromatic carbocycles. The second-order valence-electron chi connectivity index (χ2n) is 8.64. The predicted molar refractivity (Wildman–Crippen MR) is 125 cm³/mol. The molecule has 1 aliphatic heterocycles. The molecule has 0 fully saturated rings. The summed E-state index contributed by atoms with van der Waals surface area (Å²) in [7, 11) is -1.45. The minimum atomic E-state index is -4.97. The summed E-state index contributed by atoms with van der Waals surface area (Å²) < 4.78 is 93.0. The monoisotopic (exact) mass is 500 g/mol. The first-order valence-corrected chi connectivity index (χ1v) is 11.3. The van der Waals surface area contributed by atoms with Gasteiger partial charge in [-0.2, -0.15) is 26.3 Å². The average Bonchev–Trinajstić information content (AvgIpc) is 2.86. The van der Waals surface area contributed by atoms with Crippen LogP contribution in [-0.2, 0) is 23.4 Å². The minimum Gasteiger partial charge on any atom is -0.532 e. The first-order chi connectivity index (χ1) is 17.1. The van der Waals surface area contributed by atoms with Crippen molar-refractivity contribution in [1.29, 1.82) is 0 Å². The Hall–Kier alpha value is -3.46. The van der Waals surface area contributed by atoms with Crippen LogP contribution in [0.1, 0.15) is 34.8 Å². The summed E-state index contributed by atoms with van der Waals surface area (Å²) in [6.45, 7) is 0. The molecule has 0 saturated heterocycles. The normalized spacial score (nSPS) is 16.1. The van der Waals surface area contributed by atoms with E-state index in [1.54, 1.807) is 12.1 Å². The summed E-state index contributed by atoms with van der Waals surface area (Å²) in [5.41, 5.74) is -1.44. The predicted octanol–water partition coefficient (Wildman–Crippen LogP) is 7.36. The van der Waals surface area contributed by atoms with E-state index in [2.05, 4.69) is 0 Å². The maximum atomic E-state index is 13.5. The van der Waals surface area contributed by atoms with Crippen LogP contribution in [0.5, 0.6) is 5.75 Å². The van der Waals surface area contributed by atoms with E-state index in [1.807, 2.05) is 54.6 Å². The second-order valence-corrected chi connectivity index (χ2v) is 8.64. The van der Waals surface area contributed by atoms with Crippen LogP contribution in [0.4, 0.5) is 26.3 Å². The number of alkyl halides is 6. The van der Waals surface area contributed by atoms with Crippen molar-refractivity contribution >= 4 is 23.4 Å². The third-order valence-electron chi connectivity index (χ3n) is 6.19. The number of aryl methyl sites for hydroxylation is 1. The lowest BCUT2D eigenvalue weighted by molar-refractivity contribution is -0.142. The van der Waals surface area contributed by atoms with Crippen LogP contribution >= 0.6 is 0 Å². The Morgan fingerprint density at radius 3 is 2.03 bits per heavy atom. The number of rotatable bonds is 4. The van der Waals surface area contributed by atoms with Gasteiger partial charge in [0, 0.05) is 10.9 Å². The minimum absolute atomic E-state index is 0.0998. The van der Waals surface area contributed by atoms with Crippen molar-refractivity contribution in [3.05, 3.63) is 107 Å². The molecule has 0 spiro atoms. The first kappa shape index (κ1) is 24.2. The van der Waals surface area contributed by atoms with E-state index in [0.29, 0.717) is 41.7 Å². The summed E-state index contributed by atoms with van der Waals surface area (Å²) >= 11 is 0. The lowest BCUT2D eigenvalue weighted by Crippen LogP contribution is -2.44. The van der Waals surface area contributed by atoms with Crippen molar-refractivity contribution in [3.63, 3.8) is 0 Å². The molecule has 2 nitrogen and oxygen atoms in total. The molecule has 0 aromatic heterocycles. The fraction of sp³-hybridized carbons (Fsp3) is 0.185. The Labute approximate surface area is 203 Å². The van der Waals surface area contributed by atoms with E-state index >= 15 is 0 Å². The Balaban J connectivity index is 1.59. The molecule has 1 heterocycles. The van der Waals surface area contributed by atoms with Gasteiger partial charge in [-0.25, -0.2) is 0 Å². The summed E-state index contributed by atoms with van der Waals surface area (Å²) in [5.74, 6) is 0.397. The third-order valence-corrected chi connectivity index (χ3v) is 6.19. The Morgan fingerprint density at radius 2 is 1.36 bits per heavy atom. The molecule has 36 heavy (non-hydrogen) atoms. The highest BCUT2D eigenvalue weighted by Crippen LogP contribution is 2.42. The molecular weight excluding hydrogens is 481 g/mol. The van der Waals surface area contributed by atoms with Crippen LogP contribution in [0, 0.1) is 0 Å². The van der Waals surface area contributed by atoms with Crippen LogP contribution in [0.2, 0.25) is 0 Å². The van der Waals surface area contributed by atoms with Gasteiger partial charge in [-0.1, -0.05) is 66.7 Å². The van der Waals surface area contributed by atoms with E-state index in [1.165, 1.54) is 0 Å². The quantitative estimate of drug-likeness (QED) is 0.216. The highest BCUT2D eigenvalue weighted by Gasteiger charge is 2.41. The van der Waals surface area contributed by atoms with Crippen molar-refractivity contribution in [3.8, 4) is 5.75 Å². The van der Waals surface area contributed by atoms with E-state index in [-0.39, 0.29) is 11.5 Å².